The summed E-state index contributed by atoms with van der Waals surface area (Å²) >= 11 is 5.76. The molecule has 0 bridgehead atoms. The summed E-state index contributed by atoms with van der Waals surface area (Å²) in [6, 6.07) is 2.37. The number of hydrogen-bond acceptors (Lipinski definition) is 4. The van der Waals surface area contributed by atoms with Gasteiger partial charge in [0.1, 0.15) is 10.7 Å². The van der Waals surface area contributed by atoms with E-state index in [0.29, 0.717) is 0 Å². The molecule has 1 fully saturated rings. The highest BCUT2D eigenvalue weighted by molar-refractivity contribution is 7.92. The van der Waals surface area contributed by atoms with Crippen LogP contribution in [0.15, 0.2) is 23.1 Å². The Morgan fingerprint density at radius 2 is 2.05 bits per heavy atom. The van der Waals surface area contributed by atoms with E-state index in [1.165, 1.54) is 7.05 Å². The number of halogens is 2. The summed E-state index contributed by atoms with van der Waals surface area (Å²) < 4.78 is 61.6. The molecule has 1 saturated heterocycles. The average Bonchev–Trinajstić information content (AvgIpc) is 2.68. The van der Waals surface area contributed by atoms with Crippen molar-refractivity contribution in [3.63, 3.8) is 0 Å². The molecule has 1 atom stereocenters. The molecule has 0 spiro atoms. The molecule has 1 aliphatic heterocycles. The molecule has 1 aliphatic rings. The first-order chi connectivity index (χ1) is 9.13. The molecule has 5 nitrogen and oxygen atoms in total. The molecule has 1 heterocycles. The normalized spacial score (nSPS) is 22.3. The number of hydrogen-bond donors (Lipinski definition) is 0. The standard InChI is InChI=1S/C11H13ClFNO4S2/c1-14(9-4-5-19(15,16)7-9)20(17,18)11-3-2-8(13)6-10(11)12/h2-3,6,9H,4-5,7H2,1H3. The van der Waals surface area contributed by atoms with Crippen molar-refractivity contribution in [2.24, 2.45) is 0 Å². The molecule has 0 saturated carbocycles. The lowest BCUT2D eigenvalue weighted by Gasteiger charge is -2.23. The summed E-state index contributed by atoms with van der Waals surface area (Å²) in [4.78, 5) is -0.229. The first kappa shape index (κ1) is 15.7. The third-order valence-electron chi connectivity index (χ3n) is 3.27. The molecule has 112 valence electrons. The van der Waals surface area contributed by atoms with Crippen molar-refractivity contribution < 1.29 is 21.2 Å². The van der Waals surface area contributed by atoms with Crippen LogP contribution in [0, 0.1) is 5.82 Å². The minimum absolute atomic E-state index is 0.0331. The number of sulfonamides is 1. The molecule has 0 aliphatic carbocycles. The van der Waals surface area contributed by atoms with Gasteiger partial charge in [-0.2, -0.15) is 4.31 Å². The lowest BCUT2D eigenvalue weighted by molar-refractivity contribution is 0.394. The van der Waals surface area contributed by atoms with Crippen LogP contribution in [0.25, 0.3) is 0 Å². The van der Waals surface area contributed by atoms with E-state index in [2.05, 4.69) is 0 Å². The van der Waals surface area contributed by atoms with Gasteiger partial charge in [0.25, 0.3) is 0 Å². The fraction of sp³-hybridized carbons (Fsp3) is 0.455. The first-order valence-electron chi connectivity index (χ1n) is 5.77. The van der Waals surface area contributed by atoms with Gasteiger partial charge in [0.2, 0.25) is 10.0 Å². The van der Waals surface area contributed by atoms with Crippen LogP contribution in [-0.4, -0.2) is 45.7 Å². The number of nitrogens with zero attached hydrogens (tertiary/aromatic N) is 1. The van der Waals surface area contributed by atoms with Crippen LogP contribution in [0.2, 0.25) is 5.02 Å². The van der Waals surface area contributed by atoms with Crippen LogP contribution in [0.3, 0.4) is 0 Å². The van der Waals surface area contributed by atoms with Crippen molar-refractivity contribution in [3.05, 3.63) is 29.0 Å². The van der Waals surface area contributed by atoms with E-state index in [9.17, 15) is 21.2 Å². The Bertz CT molecular complexity index is 733. The molecule has 0 radical (unpaired) electrons. The Labute approximate surface area is 122 Å². The number of sulfone groups is 1. The summed E-state index contributed by atoms with van der Waals surface area (Å²) in [7, 11) is -5.84. The maximum Gasteiger partial charge on any atom is 0.244 e. The third-order valence-corrected chi connectivity index (χ3v) is 7.42. The monoisotopic (exact) mass is 341 g/mol. The largest absolute Gasteiger partial charge is 0.244 e. The van der Waals surface area contributed by atoms with Gasteiger partial charge in [-0.05, 0) is 24.6 Å². The van der Waals surface area contributed by atoms with Gasteiger partial charge in [0.15, 0.2) is 9.84 Å². The Morgan fingerprint density at radius 3 is 2.55 bits per heavy atom. The molecule has 9 heteroatoms. The van der Waals surface area contributed by atoms with Crippen molar-refractivity contribution >= 4 is 31.5 Å². The molecular formula is C11H13ClFNO4S2. The van der Waals surface area contributed by atoms with Gasteiger partial charge in [0.05, 0.1) is 16.5 Å². The fourth-order valence-electron chi connectivity index (χ4n) is 2.10. The zero-order valence-corrected chi connectivity index (χ0v) is 13.0. The average molecular weight is 342 g/mol. The summed E-state index contributed by atoms with van der Waals surface area (Å²) in [5.41, 5.74) is 0. The zero-order valence-electron chi connectivity index (χ0n) is 10.6. The van der Waals surface area contributed by atoms with Crippen LogP contribution in [0.1, 0.15) is 6.42 Å². The van der Waals surface area contributed by atoms with Crippen LogP contribution in [0.4, 0.5) is 4.39 Å². The number of benzene rings is 1. The molecule has 0 N–H and O–H groups in total. The first-order valence-corrected chi connectivity index (χ1v) is 9.41. The fourth-order valence-corrected chi connectivity index (χ4v) is 5.85. The maximum absolute atomic E-state index is 13.0. The van der Waals surface area contributed by atoms with Crippen molar-refractivity contribution in [2.45, 2.75) is 17.4 Å². The van der Waals surface area contributed by atoms with Crippen molar-refractivity contribution in [1.29, 1.82) is 0 Å². The van der Waals surface area contributed by atoms with Crippen LogP contribution in [-0.2, 0) is 19.9 Å². The van der Waals surface area contributed by atoms with Gasteiger partial charge >= 0.3 is 0 Å². The highest BCUT2D eigenvalue weighted by atomic mass is 35.5. The molecule has 2 rings (SSSR count). The van der Waals surface area contributed by atoms with Crippen molar-refractivity contribution in [2.75, 3.05) is 18.6 Å². The molecule has 0 aromatic heterocycles. The predicted molar refractivity (Wildman–Crippen MR) is 73.4 cm³/mol. The van der Waals surface area contributed by atoms with E-state index in [1.807, 2.05) is 0 Å². The Balaban J connectivity index is 2.35. The molecule has 1 aromatic rings. The van der Waals surface area contributed by atoms with E-state index >= 15 is 0 Å². The topological polar surface area (TPSA) is 71.5 Å². The number of rotatable bonds is 3. The quantitative estimate of drug-likeness (QED) is 0.830. The molecular weight excluding hydrogens is 329 g/mol. The molecule has 0 amide bonds. The lowest BCUT2D eigenvalue weighted by Crippen LogP contribution is -2.37. The van der Waals surface area contributed by atoms with E-state index in [0.717, 1.165) is 22.5 Å². The summed E-state index contributed by atoms with van der Waals surface area (Å²) in [5.74, 6) is -0.879. The lowest BCUT2D eigenvalue weighted by atomic mass is 10.3. The van der Waals surface area contributed by atoms with E-state index in [-0.39, 0.29) is 27.8 Å². The van der Waals surface area contributed by atoms with Crippen LogP contribution >= 0.6 is 11.6 Å². The predicted octanol–water partition coefficient (Wildman–Crippen LogP) is 1.29. The van der Waals surface area contributed by atoms with Crippen molar-refractivity contribution in [3.8, 4) is 0 Å². The minimum Gasteiger partial charge on any atom is -0.229 e. The highest BCUT2D eigenvalue weighted by Gasteiger charge is 2.37. The van der Waals surface area contributed by atoms with Gasteiger partial charge in [-0.15, -0.1) is 0 Å². The van der Waals surface area contributed by atoms with Crippen LogP contribution < -0.4 is 0 Å². The third kappa shape index (κ3) is 2.98. The van der Waals surface area contributed by atoms with Gasteiger partial charge < -0.3 is 0 Å². The molecule has 1 aromatic carbocycles. The second kappa shape index (κ2) is 5.25. The summed E-state index contributed by atoms with van der Waals surface area (Å²) in [6.07, 6.45) is 0.247. The molecule has 1 unspecified atom stereocenters. The maximum atomic E-state index is 13.0. The molecule has 20 heavy (non-hydrogen) atoms. The second-order valence-corrected chi connectivity index (χ2v) is 9.25. The van der Waals surface area contributed by atoms with Gasteiger partial charge in [-0.3, -0.25) is 0 Å². The highest BCUT2D eigenvalue weighted by Crippen LogP contribution is 2.28. The van der Waals surface area contributed by atoms with E-state index in [4.69, 9.17) is 11.6 Å². The Morgan fingerprint density at radius 1 is 1.40 bits per heavy atom. The second-order valence-electron chi connectivity index (χ2n) is 4.65. The SMILES string of the molecule is CN(C1CCS(=O)(=O)C1)S(=O)(=O)c1ccc(F)cc1Cl. The van der Waals surface area contributed by atoms with Gasteiger partial charge in [-0.25, -0.2) is 21.2 Å². The Kier molecular flexibility index (Phi) is 4.12. The van der Waals surface area contributed by atoms with Gasteiger partial charge in [-0.1, -0.05) is 11.6 Å². The summed E-state index contributed by atoms with van der Waals surface area (Å²) in [6.45, 7) is 0. The van der Waals surface area contributed by atoms with Crippen LogP contribution in [0.5, 0.6) is 0 Å². The summed E-state index contributed by atoms with van der Waals surface area (Å²) in [5, 5.41) is -0.224. The van der Waals surface area contributed by atoms with Gasteiger partial charge in [0, 0.05) is 13.1 Å². The smallest absolute Gasteiger partial charge is 0.229 e. The van der Waals surface area contributed by atoms with E-state index < -0.39 is 31.7 Å². The zero-order chi connectivity index (χ0) is 15.1. The minimum atomic E-state index is -3.95. The van der Waals surface area contributed by atoms with Crippen molar-refractivity contribution in [1.82, 2.24) is 4.31 Å². The Hall–Kier alpha value is -0.700. The van der Waals surface area contributed by atoms with E-state index in [1.54, 1.807) is 0 Å².